The number of benzene rings is 2. The molecule has 0 amide bonds. The van der Waals surface area contributed by atoms with Crippen LogP contribution in [0, 0.1) is 0 Å². The molecule has 18 heavy (non-hydrogen) atoms. The summed E-state index contributed by atoms with van der Waals surface area (Å²) >= 11 is 0. The third kappa shape index (κ3) is 3.22. The molecule has 0 aliphatic carbocycles. The second kappa shape index (κ2) is 6.03. The minimum Gasteiger partial charge on any atom is -0.497 e. The topological polar surface area (TPSA) is 35.2 Å². The normalized spacial score (nSPS) is 10.8. The van der Waals surface area contributed by atoms with Crippen LogP contribution < -0.4 is 10.5 Å². The summed E-state index contributed by atoms with van der Waals surface area (Å²) in [6, 6.07) is 16.2. The van der Waals surface area contributed by atoms with E-state index in [-0.39, 0.29) is 0 Å². The fraction of sp³-hybridized carbons (Fsp3) is 0.125. The standard InChI is InChI=1S/C16H17NO/c1-18-16-10-8-14(9-11-16)3-2-13-4-6-15(12-17)7-5-13/h2-11H,12,17H2,1H3/b3-2+. The molecule has 0 fully saturated rings. The first-order valence-electron chi connectivity index (χ1n) is 5.93. The van der Waals surface area contributed by atoms with Gasteiger partial charge in [0.15, 0.2) is 0 Å². The van der Waals surface area contributed by atoms with E-state index in [9.17, 15) is 0 Å². The van der Waals surface area contributed by atoms with Gasteiger partial charge < -0.3 is 10.5 Å². The Morgan fingerprint density at radius 3 is 1.83 bits per heavy atom. The number of hydrogen-bond donors (Lipinski definition) is 1. The minimum atomic E-state index is 0.586. The van der Waals surface area contributed by atoms with Crippen molar-refractivity contribution in [1.29, 1.82) is 0 Å². The van der Waals surface area contributed by atoms with Crippen molar-refractivity contribution >= 4 is 12.2 Å². The van der Waals surface area contributed by atoms with Crippen LogP contribution in [0.15, 0.2) is 48.5 Å². The van der Waals surface area contributed by atoms with Crippen molar-refractivity contribution < 1.29 is 4.74 Å². The van der Waals surface area contributed by atoms with Gasteiger partial charge in [0.25, 0.3) is 0 Å². The van der Waals surface area contributed by atoms with Crippen LogP contribution in [0.5, 0.6) is 5.75 Å². The Morgan fingerprint density at radius 1 is 0.889 bits per heavy atom. The molecule has 0 unspecified atom stereocenters. The lowest BCUT2D eigenvalue weighted by Gasteiger charge is -2.00. The molecule has 0 saturated carbocycles. The second-order valence-corrected chi connectivity index (χ2v) is 4.05. The van der Waals surface area contributed by atoms with Crippen molar-refractivity contribution in [1.82, 2.24) is 0 Å². The fourth-order valence-electron chi connectivity index (χ4n) is 1.67. The molecule has 2 heteroatoms. The molecule has 0 aliphatic heterocycles. The van der Waals surface area contributed by atoms with Crippen LogP contribution >= 0.6 is 0 Å². The van der Waals surface area contributed by atoms with Gasteiger partial charge in [-0.3, -0.25) is 0 Å². The van der Waals surface area contributed by atoms with Gasteiger partial charge in [-0.2, -0.15) is 0 Å². The van der Waals surface area contributed by atoms with Gasteiger partial charge in [0.05, 0.1) is 7.11 Å². The maximum Gasteiger partial charge on any atom is 0.118 e. The lowest BCUT2D eigenvalue weighted by Crippen LogP contribution is -1.94. The van der Waals surface area contributed by atoms with Crippen LogP contribution in [0.2, 0.25) is 0 Å². The second-order valence-electron chi connectivity index (χ2n) is 4.05. The SMILES string of the molecule is COc1ccc(/C=C/c2ccc(CN)cc2)cc1. The quantitative estimate of drug-likeness (QED) is 0.831. The van der Waals surface area contributed by atoms with E-state index < -0.39 is 0 Å². The molecule has 0 radical (unpaired) electrons. The third-order valence-electron chi connectivity index (χ3n) is 2.80. The molecule has 0 atom stereocenters. The van der Waals surface area contributed by atoms with Gasteiger partial charge in [-0.25, -0.2) is 0 Å². The highest BCUT2D eigenvalue weighted by Crippen LogP contribution is 2.14. The Morgan fingerprint density at radius 2 is 1.39 bits per heavy atom. The summed E-state index contributed by atoms with van der Waals surface area (Å²) in [5, 5.41) is 0. The highest BCUT2D eigenvalue weighted by atomic mass is 16.5. The Bertz CT molecular complexity index is 462. The number of hydrogen-bond acceptors (Lipinski definition) is 2. The summed E-state index contributed by atoms with van der Waals surface area (Å²) in [5.41, 5.74) is 9.03. The molecule has 2 nitrogen and oxygen atoms in total. The molecule has 0 aliphatic rings. The van der Waals surface area contributed by atoms with Gasteiger partial charge >= 0.3 is 0 Å². The third-order valence-corrected chi connectivity index (χ3v) is 2.80. The zero-order valence-electron chi connectivity index (χ0n) is 10.5. The van der Waals surface area contributed by atoms with Crippen molar-refractivity contribution in [2.24, 2.45) is 5.73 Å². The van der Waals surface area contributed by atoms with E-state index in [0.29, 0.717) is 6.54 Å². The highest BCUT2D eigenvalue weighted by Gasteiger charge is 1.92. The van der Waals surface area contributed by atoms with Crippen LogP contribution in [-0.2, 0) is 6.54 Å². The summed E-state index contributed by atoms with van der Waals surface area (Å²) in [6.07, 6.45) is 4.17. The van der Waals surface area contributed by atoms with Crippen LogP contribution in [0.25, 0.3) is 12.2 Å². The van der Waals surface area contributed by atoms with E-state index in [0.717, 1.165) is 16.9 Å². The summed E-state index contributed by atoms with van der Waals surface area (Å²) in [4.78, 5) is 0. The van der Waals surface area contributed by atoms with Crippen molar-refractivity contribution in [2.75, 3.05) is 7.11 Å². The van der Waals surface area contributed by atoms with Crippen LogP contribution in [0.1, 0.15) is 16.7 Å². The first-order chi connectivity index (χ1) is 8.81. The van der Waals surface area contributed by atoms with Crippen LogP contribution in [0.4, 0.5) is 0 Å². The maximum absolute atomic E-state index is 5.56. The van der Waals surface area contributed by atoms with E-state index in [1.807, 2.05) is 36.4 Å². The predicted molar refractivity (Wildman–Crippen MR) is 76.3 cm³/mol. The Balaban J connectivity index is 2.08. The maximum atomic E-state index is 5.56. The van der Waals surface area contributed by atoms with Crippen LogP contribution in [-0.4, -0.2) is 7.11 Å². The summed E-state index contributed by atoms with van der Waals surface area (Å²) < 4.78 is 5.12. The zero-order valence-corrected chi connectivity index (χ0v) is 10.5. The number of ether oxygens (including phenoxy) is 1. The van der Waals surface area contributed by atoms with E-state index in [1.165, 1.54) is 5.56 Å². The molecule has 0 heterocycles. The van der Waals surface area contributed by atoms with Gasteiger partial charge in [0.2, 0.25) is 0 Å². The van der Waals surface area contributed by atoms with E-state index >= 15 is 0 Å². The van der Waals surface area contributed by atoms with Gasteiger partial charge in [0.1, 0.15) is 5.75 Å². The van der Waals surface area contributed by atoms with E-state index in [1.54, 1.807) is 7.11 Å². The van der Waals surface area contributed by atoms with Crippen molar-refractivity contribution in [3.8, 4) is 5.75 Å². The van der Waals surface area contributed by atoms with Gasteiger partial charge in [-0.15, -0.1) is 0 Å². The molecule has 2 aromatic carbocycles. The largest absolute Gasteiger partial charge is 0.497 e. The predicted octanol–water partition coefficient (Wildman–Crippen LogP) is 3.32. The van der Waals surface area contributed by atoms with Gasteiger partial charge in [-0.1, -0.05) is 48.6 Å². The molecule has 0 aromatic heterocycles. The first-order valence-corrected chi connectivity index (χ1v) is 5.93. The lowest BCUT2D eigenvalue weighted by molar-refractivity contribution is 0.415. The molecule has 2 N–H and O–H groups in total. The molecular formula is C16H17NO. The van der Waals surface area contributed by atoms with Crippen LogP contribution in [0.3, 0.4) is 0 Å². The molecule has 2 aromatic rings. The van der Waals surface area contributed by atoms with Crippen molar-refractivity contribution in [3.05, 3.63) is 65.2 Å². The number of rotatable bonds is 4. The number of nitrogens with two attached hydrogens (primary N) is 1. The first kappa shape index (κ1) is 12.4. The Labute approximate surface area is 108 Å². The molecule has 0 saturated heterocycles. The lowest BCUT2D eigenvalue weighted by atomic mass is 10.1. The van der Waals surface area contributed by atoms with Crippen molar-refractivity contribution in [3.63, 3.8) is 0 Å². The highest BCUT2D eigenvalue weighted by molar-refractivity contribution is 5.69. The average Bonchev–Trinajstić information content (AvgIpc) is 2.46. The smallest absolute Gasteiger partial charge is 0.118 e. The molecule has 0 bridgehead atoms. The minimum absolute atomic E-state index is 0.586. The Hall–Kier alpha value is -2.06. The Kier molecular flexibility index (Phi) is 4.15. The van der Waals surface area contributed by atoms with Gasteiger partial charge in [-0.05, 0) is 28.8 Å². The monoisotopic (exact) mass is 239 g/mol. The fourth-order valence-corrected chi connectivity index (χ4v) is 1.67. The summed E-state index contributed by atoms with van der Waals surface area (Å²) in [6.45, 7) is 0.586. The molecule has 2 rings (SSSR count). The van der Waals surface area contributed by atoms with Crippen molar-refractivity contribution in [2.45, 2.75) is 6.54 Å². The zero-order chi connectivity index (χ0) is 12.8. The average molecular weight is 239 g/mol. The summed E-state index contributed by atoms with van der Waals surface area (Å²) in [7, 11) is 1.67. The van der Waals surface area contributed by atoms with Gasteiger partial charge in [0, 0.05) is 6.54 Å². The van der Waals surface area contributed by atoms with E-state index in [2.05, 4.69) is 24.3 Å². The molecule has 0 spiro atoms. The molecule has 92 valence electrons. The molecular weight excluding hydrogens is 222 g/mol. The summed E-state index contributed by atoms with van der Waals surface area (Å²) in [5.74, 6) is 0.874. The number of methoxy groups -OCH3 is 1. The van der Waals surface area contributed by atoms with E-state index in [4.69, 9.17) is 10.5 Å².